The summed E-state index contributed by atoms with van der Waals surface area (Å²) in [5.74, 6) is 0.585. The number of halogens is 3. The lowest BCUT2D eigenvalue weighted by Gasteiger charge is -2.34. The van der Waals surface area contributed by atoms with Gasteiger partial charge in [0, 0.05) is 13.1 Å². The molecular weight excluding hydrogens is 329 g/mol. The van der Waals surface area contributed by atoms with Crippen LogP contribution in [0, 0.1) is 5.92 Å². The minimum atomic E-state index is -4.38. The molecule has 0 aromatic heterocycles. The first-order valence-corrected chi connectivity index (χ1v) is 9.04. The molecule has 1 saturated heterocycles. The van der Waals surface area contributed by atoms with Gasteiger partial charge < -0.3 is 10.2 Å². The van der Waals surface area contributed by atoms with Gasteiger partial charge in [-0.1, -0.05) is 25.1 Å². The van der Waals surface area contributed by atoms with Crippen molar-refractivity contribution in [1.82, 2.24) is 10.2 Å². The first-order valence-electron chi connectivity index (χ1n) is 9.04. The molecule has 2 aliphatic rings. The van der Waals surface area contributed by atoms with Crippen molar-refractivity contribution >= 4 is 5.91 Å². The van der Waals surface area contributed by atoms with Crippen LogP contribution in [0.2, 0.25) is 0 Å². The predicted octanol–water partition coefficient (Wildman–Crippen LogP) is 3.59. The lowest BCUT2D eigenvalue weighted by molar-refractivity contribution is -0.138. The van der Waals surface area contributed by atoms with E-state index in [-0.39, 0.29) is 5.91 Å². The molecule has 0 atom stereocenters. The quantitative estimate of drug-likeness (QED) is 0.877. The van der Waals surface area contributed by atoms with Gasteiger partial charge in [-0.05, 0) is 56.3 Å². The summed E-state index contributed by atoms with van der Waals surface area (Å²) >= 11 is 0. The van der Waals surface area contributed by atoms with Crippen molar-refractivity contribution in [3.8, 4) is 0 Å². The number of carbonyl (C=O) groups is 1. The second kappa shape index (κ2) is 6.98. The number of piperidine rings is 1. The Hall–Kier alpha value is -1.56. The zero-order chi connectivity index (χ0) is 18.1. The Morgan fingerprint density at radius 3 is 2.52 bits per heavy atom. The highest BCUT2D eigenvalue weighted by molar-refractivity contribution is 5.91. The Kier molecular flexibility index (Phi) is 5.09. The number of nitrogens with one attached hydrogen (secondary N) is 1. The van der Waals surface area contributed by atoms with Crippen molar-refractivity contribution in [3.05, 3.63) is 35.4 Å². The smallest absolute Gasteiger partial charge is 0.342 e. The molecule has 3 rings (SSSR count). The number of nitrogens with zero attached hydrogens (tertiary/aromatic N) is 1. The molecule has 0 bridgehead atoms. The molecule has 1 heterocycles. The van der Waals surface area contributed by atoms with E-state index >= 15 is 0 Å². The summed E-state index contributed by atoms with van der Waals surface area (Å²) in [5.41, 5.74) is -0.883. The molecule has 3 nitrogen and oxygen atoms in total. The predicted molar refractivity (Wildman–Crippen MR) is 90.2 cm³/mol. The van der Waals surface area contributed by atoms with Gasteiger partial charge in [0.15, 0.2) is 0 Å². The van der Waals surface area contributed by atoms with Crippen LogP contribution in [0.3, 0.4) is 0 Å². The van der Waals surface area contributed by atoms with E-state index in [1.807, 2.05) is 4.90 Å². The molecule has 1 aromatic rings. The van der Waals surface area contributed by atoms with E-state index < -0.39 is 17.2 Å². The second-order valence-electron chi connectivity index (χ2n) is 7.20. The molecule has 1 saturated carbocycles. The van der Waals surface area contributed by atoms with E-state index in [0.29, 0.717) is 37.4 Å². The van der Waals surface area contributed by atoms with Crippen molar-refractivity contribution in [1.29, 1.82) is 0 Å². The minimum Gasteiger partial charge on any atom is -0.342 e. The summed E-state index contributed by atoms with van der Waals surface area (Å²) in [7, 11) is 0. The van der Waals surface area contributed by atoms with E-state index in [0.717, 1.165) is 38.1 Å². The van der Waals surface area contributed by atoms with Crippen LogP contribution in [0.5, 0.6) is 0 Å². The van der Waals surface area contributed by atoms with E-state index in [1.165, 1.54) is 6.07 Å². The van der Waals surface area contributed by atoms with Gasteiger partial charge in [0.25, 0.3) is 0 Å². The number of benzene rings is 1. The molecule has 0 unspecified atom stereocenters. The third kappa shape index (κ3) is 3.84. The Labute approximate surface area is 146 Å². The average Bonchev–Trinajstić information content (AvgIpc) is 3.41. The summed E-state index contributed by atoms with van der Waals surface area (Å²) < 4.78 is 38.9. The molecule has 0 radical (unpaired) electrons. The Morgan fingerprint density at radius 1 is 1.28 bits per heavy atom. The minimum absolute atomic E-state index is 0.00808. The molecule has 25 heavy (non-hydrogen) atoms. The Bertz CT molecular complexity index is 617. The van der Waals surface area contributed by atoms with Gasteiger partial charge in [0.1, 0.15) is 0 Å². The van der Waals surface area contributed by atoms with Crippen LogP contribution in [-0.2, 0) is 16.4 Å². The lowest BCUT2D eigenvalue weighted by atomic mass is 9.90. The number of amides is 1. The molecule has 1 aliphatic carbocycles. The fourth-order valence-electron chi connectivity index (χ4n) is 3.74. The average molecular weight is 354 g/mol. The van der Waals surface area contributed by atoms with Crippen LogP contribution < -0.4 is 5.32 Å². The van der Waals surface area contributed by atoms with Crippen LogP contribution in [-0.4, -0.2) is 37.0 Å². The topological polar surface area (TPSA) is 32.3 Å². The first kappa shape index (κ1) is 18.2. The third-order valence-electron chi connectivity index (χ3n) is 5.49. The molecule has 1 aromatic carbocycles. The van der Waals surface area contributed by atoms with Gasteiger partial charge in [0.2, 0.25) is 5.91 Å². The van der Waals surface area contributed by atoms with Gasteiger partial charge in [-0.2, -0.15) is 13.2 Å². The first-order chi connectivity index (χ1) is 11.9. The molecule has 6 heteroatoms. The summed E-state index contributed by atoms with van der Waals surface area (Å²) in [5, 5.41) is 3.34. The normalized spacial score (nSPS) is 20.6. The highest BCUT2D eigenvalue weighted by atomic mass is 19.4. The van der Waals surface area contributed by atoms with Crippen LogP contribution in [0.15, 0.2) is 24.3 Å². The summed E-state index contributed by atoms with van der Waals surface area (Å²) in [6.07, 6.45) is -1.18. The van der Waals surface area contributed by atoms with Gasteiger partial charge >= 0.3 is 6.18 Å². The van der Waals surface area contributed by atoms with Crippen molar-refractivity contribution in [2.45, 2.75) is 44.2 Å². The number of hydrogen-bond donors (Lipinski definition) is 1. The zero-order valence-corrected chi connectivity index (χ0v) is 14.5. The number of carbonyl (C=O) groups excluding carboxylic acids is 1. The fraction of sp³-hybridized carbons (Fsp3) is 0.632. The van der Waals surface area contributed by atoms with Gasteiger partial charge in [-0.25, -0.2) is 0 Å². The maximum absolute atomic E-state index is 13.0. The lowest BCUT2D eigenvalue weighted by Crippen LogP contribution is -2.45. The fourth-order valence-corrected chi connectivity index (χ4v) is 3.74. The van der Waals surface area contributed by atoms with Crippen LogP contribution in [0.1, 0.15) is 43.7 Å². The number of likely N-dealkylation sites (tertiary alicyclic amines) is 1. The maximum atomic E-state index is 13.0. The maximum Gasteiger partial charge on any atom is 0.416 e. The van der Waals surface area contributed by atoms with E-state index in [9.17, 15) is 18.0 Å². The summed E-state index contributed by atoms with van der Waals surface area (Å²) in [4.78, 5) is 14.9. The number of hydrogen-bond acceptors (Lipinski definition) is 2. The van der Waals surface area contributed by atoms with Crippen molar-refractivity contribution in [3.63, 3.8) is 0 Å². The molecule has 1 aliphatic heterocycles. The highest BCUT2D eigenvalue weighted by Gasteiger charge is 2.53. The van der Waals surface area contributed by atoms with Crippen LogP contribution >= 0.6 is 0 Å². The third-order valence-corrected chi connectivity index (χ3v) is 5.49. The van der Waals surface area contributed by atoms with Crippen LogP contribution in [0.4, 0.5) is 13.2 Å². The standard InChI is InChI=1S/C19H25F3N2O/c1-2-23-13-14-6-10-24(11-7-14)17(25)18(8-9-18)15-4-3-5-16(12-15)19(20,21)22/h3-5,12,14,23H,2,6-11,13H2,1H3. The molecule has 2 fully saturated rings. The monoisotopic (exact) mass is 354 g/mol. The van der Waals surface area contributed by atoms with Gasteiger partial charge in [0.05, 0.1) is 11.0 Å². The van der Waals surface area contributed by atoms with E-state index in [4.69, 9.17) is 0 Å². The van der Waals surface area contributed by atoms with Crippen molar-refractivity contribution in [2.75, 3.05) is 26.2 Å². The van der Waals surface area contributed by atoms with Gasteiger partial charge in [-0.3, -0.25) is 4.79 Å². The second-order valence-corrected chi connectivity index (χ2v) is 7.20. The SMILES string of the molecule is CCNCC1CCN(C(=O)C2(c3cccc(C(F)(F)F)c3)CC2)CC1. The highest BCUT2D eigenvalue weighted by Crippen LogP contribution is 2.50. The van der Waals surface area contributed by atoms with Crippen molar-refractivity contribution < 1.29 is 18.0 Å². The number of alkyl halides is 3. The Balaban J connectivity index is 1.69. The van der Waals surface area contributed by atoms with E-state index in [2.05, 4.69) is 12.2 Å². The van der Waals surface area contributed by atoms with E-state index in [1.54, 1.807) is 6.07 Å². The molecule has 138 valence electrons. The van der Waals surface area contributed by atoms with Crippen LogP contribution in [0.25, 0.3) is 0 Å². The van der Waals surface area contributed by atoms with Gasteiger partial charge in [-0.15, -0.1) is 0 Å². The summed E-state index contributed by atoms with van der Waals surface area (Å²) in [6, 6.07) is 5.30. The Morgan fingerprint density at radius 2 is 1.96 bits per heavy atom. The summed E-state index contributed by atoms with van der Waals surface area (Å²) in [6.45, 7) is 5.39. The zero-order valence-electron chi connectivity index (χ0n) is 14.5. The molecule has 1 N–H and O–H groups in total. The van der Waals surface area contributed by atoms with Crippen molar-refractivity contribution in [2.24, 2.45) is 5.92 Å². The number of rotatable bonds is 5. The molecule has 1 amide bonds. The molecular formula is C19H25F3N2O. The largest absolute Gasteiger partial charge is 0.416 e. The molecule has 0 spiro atoms.